The number of benzene rings is 1. The first-order chi connectivity index (χ1) is 13.1. The van der Waals surface area contributed by atoms with Crippen molar-refractivity contribution in [3.8, 4) is 0 Å². The maximum atomic E-state index is 12.7. The summed E-state index contributed by atoms with van der Waals surface area (Å²) in [6.45, 7) is 6.01. The minimum Gasteiger partial charge on any atom is -0.379 e. The van der Waals surface area contributed by atoms with Crippen molar-refractivity contribution < 1.29 is 13.2 Å². The highest BCUT2D eigenvalue weighted by molar-refractivity contribution is 7.88. The number of nitrogens with one attached hydrogen (secondary N) is 2. The predicted octanol–water partition coefficient (Wildman–Crippen LogP) is 1.31. The van der Waals surface area contributed by atoms with Gasteiger partial charge in [-0.3, -0.25) is 0 Å². The number of rotatable bonds is 8. The van der Waals surface area contributed by atoms with E-state index >= 15 is 0 Å². The van der Waals surface area contributed by atoms with Crippen LogP contribution in [0, 0.1) is 5.92 Å². The summed E-state index contributed by atoms with van der Waals surface area (Å²) in [5.41, 5.74) is 1.75. The van der Waals surface area contributed by atoms with Gasteiger partial charge in [-0.1, -0.05) is 24.3 Å². The highest BCUT2D eigenvalue weighted by atomic mass is 32.2. The smallest absolute Gasteiger partial charge is 0.218 e. The van der Waals surface area contributed by atoms with E-state index in [-0.39, 0.29) is 5.75 Å². The summed E-state index contributed by atoms with van der Waals surface area (Å²) >= 11 is 0. The highest BCUT2D eigenvalue weighted by Gasteiger charge is 2.25. The number of morpholine rings is 1. The van der Waals surface area contributed by atoms with Crippen molar-refractivity contribution in [3.05, 3.63) is 35.4 Å². The minimum absolute atomic E-state index is 0.00470. The maximum absolute atomic E-state index is 12.7. The number of hydrogen-bond donors (Lipinski definition) is 2. The largest absolute Gasteiger partial charge is 0.379 e. The Hall–Kier alpha value is -1.64. The number of ether oxygens (including phenoxy) is 1. The van der Waals surface area contributed by atoms with Gasteiger partial charge in [0.1, 0.15) is 0 Å². The lowest BCUT2D eigenvalue weighted by molar-refractivity contribution is 0.0729. The normalized spacial score (nSPS) is 19.1. The molecule has 0 amide bonds. The van der Waals surface area contributed by atoms with Crippen LogP contribution < -0.4 is 10.6 Å². The third-order valence-electron chi connectivity index (χ3n) is 4.83. The lowest BCUT2D eigenvalue weighted by atomic mass is 10.1. The molecule has 3 rings (SSSR count). The third-order valence-corrected chi connectivity index (χ3v) is 6.65. The van der Waals surface area contributed by atoms with E-state index in [4.69, 9.17) is 4.74 Å². The molecular formula is C19H30N4O3S. The molecule has 27 heavy (non-hydrogen) atoms. The molecule has 0 unspecified atom stereocenters. The molecule has 0 spiro atoms. The van der Waals surface area contributed by atoms with Gasteiger partial charge in [0.25, 0.3) is 0 Å². The molecule has 0 atom stereocenters. The number of guanidine groups is 1. The van der Waals surface area contributed by atoms with Crippen molar-refractivity contribution in [2.45, 2.75) is 32.1 Å². The van der Waals surface area contributed by atoms with Crippen LogP contribution in [0.5, 0.6) is 0 Å². The van der Waals surface area contributed by atoms with Crippen LogP contribution in [0.25, 0.3) is 0 Å². The Kier molecular flexibility index (Phi) is 7.09. The highest BCUT2D eigenvalue weighted by Crippen LogP contribution is 2.27. The third kappa shape index (κ3) is 6.19. The topological polar surface area (TPSA) is 83.0 Å². The molecule has 1 aromatic carbocycles. The second kappa shape index (κ2) is 9.52. The minimum atomic E-state index is -3.35. The monoisotopic (exact) mass is 394 g/mol. The van der Waals surface area contributed by atoms with E-state index in [0.29, 0.717) is 32.8 Å². The molecule has 8 heteroatoms. The first kappa shape index (κ1) is 20.1. The van der Waals surface area contributed by atoms with E-state index in [2.05, 4.69) is 15.6 Å². The summed E-state index contributed by atoms with van der Waals surface area (Å²) in [6, 6.07) is 7.65. The van der Waals surface area contributed by atoms with E-state index in [1.165, 1.54) is 17.1 Å². The second-order valence-corrected chi connectivity index (χ2v) is 9.02. The van der Waals surface area contributed by atoms with E-state index in [1.807, 2.05) is 31.2 Å². The standard InChI is InChI=1S/C19H30N4O3S/c1-2-20-19(21-13-16-7-8-16)22-14-17-5-3-4-6-18(17)15-27(24,25)23-9-11-26-12-10-23/h3-6,16H,2,7-15H2,1H3,(H2,20,21,22). The molecule has 2 fully saturated rings. The van der Waals surface area contributed by atoms with Crippen LogP contribution in [0.1, 0.15) is 30.9 Å². The van der Waals surface area contributed by atoms with E-state index < -0.39 is 10.0 Å². The van der Waals surface area contributed by atoms with Crippen molar-refractivity contribution in [2.24, 2.45) is 10.9 Å². The molecule has 2 N–H and O–H groups in total. The molecule has 1 heterocycles. The molecule has 1 aromatic rings. The molecule has 2 aliphatic rings. The fourth-order valence-corrected chi connectivity index (χ4v) is 4.60. The van der Waals surface area contributed by atoms with E-state index in [9.17, 15) is 8.42 Å². The molecule has 0 radical (unpaired) electrons. The lowest BCUT2D eigenvalue weighted by Crippen LogP contribution is -2.41. The summed E-state index contributed by atoms with van der Waals surface area (Å²) in [5.74, 6) is 1.56. The van der Waals surface area contributed by atoms with Crippen molar-refractivity contribution >= 4 is 16.0 Å². The van der Waals surface area contributed by atoms with Crippen LogP contribution in [0.4, 0.5) is 0 Å². The molecule has 1 saturated heterocycles. The Morgan fingerprint density at radius 2 is 1.89 bits per heavy atom. The zero-order valence-corrected chi connectivity index (χ0v) is 16.8. The average Bonchev–Trinajstić information content (AvgIpc) is 3.50. The van der Waals surface area contributed by atoms with Crippen molar-refractivity contribution in [3.63, 3.8) is 0 Å². The summed E-state index contributed by atoms with van der Waals surface area (Å²) < 4.78 is 32.3. The molecule has 150 valence electrons. The van der Waals surface area contributed by atoms with Crippen LogP contribution in [-0.2, 0) is 27.1 Å². The van der Waals surface area contributed by atoms with Crippen molar-refractivity contribution in [1.82, 2.24) is 14.9 Å². The fourth-order valence-electron chi connectivity index (χ4n) is 3.03. The van der Waals surface area contributed by atoms with Gasteiger partial charge in [0.05, 0.1) is 25.5 Å². The van der Waals surface area contributed by atoms with Gasteiger partial charge in [0.2, 0.25) is 10.0 Å². The molecule has 0 bridgehead atoms. The van der Waals surface area contributed by atoms with Gasteiger partial charge in [-0.2, -0.15) is 4.31 Å². The zero-order valence-electron chi connectivity index (χ0n) is 16.0. The zero-order chi connectivity index (χ0) is 19.1. The summed E-state index contributed by atoms with van der Waals surface area (Å²) in [4.78, 5) is 4.65. The first-order valence-electron chi connectivity index (χ1n) is 9.73. The fraction of sp³-hybridized carbons (Fsp3) is 0.632. The van der Waals surface area contributed by atoms with Crippen LogP contribution >= 0.6 is 0 Å². The van der Waals surface area contributed by atoms with Gasteiger partial charge in [0, 0.05) is 26.2 Å². The summed E-state index contributed by atoms with van der Waals surface area (Å²) in [5, 5.41) is 6.62. The predicted molar refractivity (Wildman–Crippen MR) is 107 cm³/mol. The molecule has 0 aromatic heterocycles. The van der Waals surface area contributed by atoms with Gasteiger partial charge in [-0.05, 0) is 36.8 Å². The molecule has 1 saturated carbocycles. The summed E-state index contributed by atoms with van der Waals surface area (Å²) in [6.07, 6.45) is 2.57. The molecule has 1 aliphatic heterocycles. The molecule has 1 aliphatic carbocycles. The Morgan fingerprint density at radius 3 is 2.56 bits per heavy atom. The van der Waals surface area contributed by atoms with E-state index in [1.54, 1.807) is 0 Å². The van der Waals surface area contributed by atoms with Gasteiger partial charge in [-0.15, -0.1) is 0 Å². The molecule has 7 nitrogen and oxygen atoms in total. The van der Waals surface area contributed by atoms with Gasteiger partial charge in [0.15, 0.2) is 5.96 Å². The SMILES string of the molecule is CCNC(=NCc1ccccc1CS(=O)(=O)N1CCOCC1)NCC1CC1. The Balaban J connectivity index is 1.67. The van der Waals surface area contributed by atoms with Crippen LogP contribution in [0.3, 0.4) is 0 Å². The average molecular weight is 395 g/mol. The van der Waals surface area contributed by atoms with Crippen molar-refractivity contribution in [1.29, 1.82) is 0 Å². The first-order valence-corrected chi connectivity index (χ1v) is 11.3. The quantitative estimate of drug-likeness (QED) is 0.513. The Labute approximate surface area is 162 Å². The lowest BCUT2D eigenvalue weighted by Gasteiger charge is -2.26. The van der Waals surface area contributed by atoms with Gasteiger partial charge >= 0.3 is 0 Å². The summed E-state index contributed by atoms with van der Waals surface area (Å²) in [7, 11) is -3.35. The van der Waals surface area contributed by atoms with Crippen LogP contribution in [0.15, 0.2) is 29.3 Å². The maximum Gasteiger partial charge on any atom is 0.218 e. The Bertz CT molecular complexity index is 741. The van der Waals surface area contributed by atoms with Crippen LogP contribution in [0.2, 0.25) is 0 Å². The van der Waals surface area contributed by atoms with Gasteiger partial charge < -0.3 is 15.4 Å². The number of sulfonamides is 1. The number of aliphatic imine (C=N–C) groups is 1. The molecular weight excluding hydrogens is 364 g/mol. The number of hydrogen-bond acceptors (Lipinski definition) is 4. The van der Waals surface area contributed by atoms with Crippen LogP contribution in [-0.4, -0.2) is 58.1 Å². The number of nitrogens with zero attached hydrogens (tertiary/aromatic N) is 2. The van der Waals surface area contributed by atoms with Crippen molar-refractivity contribution in [2.75, 3.05) is 39.4 Å². The van der Waals surface area contributed by atoms with E-state index in [0.717, 1.165) is 36.1 Å². The Morgan fingerprint density at radius 1 is 1.19 bits per heavy atom. The second-order valence-electron chi connectivity index (χ2n) is 7.06. The van der Waals surface area contributed by atoms with Gasteiger partial charge in [-0.25, -0.2) is 13.4 Å².